The standard InChI is InChI=1S/C9H11N5O3/c1-4(8(16)17-2)14-3-11-6-5(14)7(15)13-9(10)12-6/h3-4H,1-2H3,(H3,10,12,13,15)/t4-/m1/s1. The molecule has 0 radical (unpaired) electrons. The Bertz CT molecular complexity index is 629. The first-order valence-electron chi connectivity index (χ1n) is 4.84. The third kappa shape index (κ3) is 1.73. The predicted octanol–water partition coefficient (Wildman–Crippen LogP) is -0.564. The Kier molecular flexibility index (Phi) is 2.54. The second-order valence-electron chi connectivity index (χ2n) is 3.47. The maximum atomic E-state index is 11.7. The van der Waals surface area contributed by atoms with Crippen LogP contribution in [0.5, 0.6) is 0 Å². The number of aromatic nitrogens is 4. The number of nitrogens with one attached hydrogen (secondary N) is 1. The van der Waals surface area contributed by atoms with Gasteiger partial charge < -0.3 is 15.0 Å². The van der Waals surface area contributed by atoms with Crippen LogP contribution in [0.4, 0.5) is 5.95 Å². The Morgan fingerprint density at radius 2 is 2.35 bits per heavy atom. The fourth-order valence-electron chi connectivity index (χ4n) is 1.55. The van der Waals surface area contributed by atoms with Crippen LogP contribution in [0.3, 0.4) is 0 Å². The number of methoxy groups -OCH3 is 1. The van der Waals surface area contributed by atoms with Crippen molar-refractivity contribution in [2.24, 2.45) is 0 Å². The van der Waals surface area contributed by atoms with Gasteiger partial charge >= 0.3 is 5.97 Å². The van der Waals surface area contributed by atoms with Crippen molar-refractivity contribution in [1.29, 1.82) is 0 Å². The molecule has 90 valence electrons. The molecule has 8 heteroatoms. The number of hydrogen-bond acceptors (Lipinski definition) is 6. The highest BCUT2D eigenvalue weighted by atomic mass is 16.5. The van der Waals surface area contributed by atoms with E-state index in [2.05, 4.69) is 19.7 Å². The van der Waals surface area contributed by atoms with Gasteiger partial charge in [0.05, 0.1) is 13.4 Å². The van der Waals surface area contributed by atoms with Crippen molar-refractivity contribution < 1.29 is 9.53 Å². The van der Waals surface area contributed by atoms with Gasteiger partial charge in [0.1, 0.15) is 6.04 Å². The van der Waals surface area contributed by atoms with E-state index in [0.29, 0.717) is 0 Å². The predicted molar refractivity (Wildman–Crippen MR) is 59.3 cm³/mol. The zero-order chi connectivity index (χ0) is 12.6. The summed E-state index contributed by atoms with van der Waals surface area (Å²) in [5, 5.41) is 0. The molecule has 0 saturated carbocycles. The highest BCUT2D eigenvalue weighted by molar-refractivity contribution is 5.78. The molecule has 0 aliphatic rings. The zero-order valence-electron chi connectivity index (χ0n) is 9.30. The van der Waals surface area contributed by atoms with Crippen molar-refractivity contribution >= 4 is 23.1 Å². The Morgan fingerprint density at radius 3 is 3.00 bits per heavy atom. The van der Waals surface area contributed by atoms with Gasteiger partial charge in [-0.05, 0) is 6.92 Å². The number of aromatic amines is 1. The van der Waals surface area contributed by atoms with Crippen LogP contribution in [-0.4, -0.2) is 32.6 Å². The van der Waals surface area contributed by atoms with Crippen molar-refractivity contribution in [3.63, 3.8) is 0 Å². The molecule has 2 aromatic rings. The normalized spacial score (nSPS) is 12.6. The molecule has 0 spiro atoms. The second kappa shape index (κ2) is 3.89. The van der Waals surface area contributed by atoms with Crippen molar-refractivity contribution in [2.75, 3.05) is 12.8 Å². The largest absolute Gasteiger partial charge is 0.467 e. The first-order valence-corrected chi connectivity index (χ1v) is 4.84. The average Bonchev–Trinajstić information content (AvgIpc) is 2.70. The molecule has 2 heterocycles. The molecular formula is C9H11N5O3. The van der Waals surface area contributed by atoms with Crippen molar-refractivity contribution in [3.05, 3.63) is 16.7 Å². The van der Waals surface area contributed by atoms with Crippen LogP contribution in [0.15, 0.2) is 11.1 Å². The number of rotatable bonds is 2. The number of carbonyl (C=O) groups is 1. The van der Waals surface area contributed by atoms with Gasteiger partial charge in [-0.1, -0.05) is 0 Å². The van der Waals surface area contributed by atoms with Crippen LogP contribution in [0.25, 0.3) is 11.2 Å². The molecule has 17 heavy (non-hydrogen) atoms. The number of nitrogen functional groups attached to an aromatic ring is 1. The van der Waals surface area contributed by atoms with E-state index >= 15 is 0 Å². The minimum Gasteiger partial charge on any atom is -0.467 e. The van der Waals surface area contributed by atoms with E-state index in [-0.39, 0.29) is 17.1 Å². The highest BCUT2D eigenvalue weighted by Gasteiger charge is 2.20. The number of esters is 1. The van der Waals surface area contributed by atoms with Crippen LogP contribution in [-0.2, 0) is 9.53 Å². The van der Waals surface area contributed by atoms with Gasteiger partial charge in [0.25, 0.3) is 5.56 Å². The van der Waals surface area contributed by atoms with Crippen molar-refractivity contribution in [1.82, 2.24) is 19.5 Å². The summed E-state index contributed by atoms with van der Waals surface area (Å²) in [4.78, 5) is 33.2. The van der Waals surface area contributed by atoms with E-state index in [9.17, 15) is 9.59 Å². The number of ether oxygens (including phenoxy) is 1. The summed E-state index contributed by atoms with van der Waals surface area (Å²) in [6.07, 6.45) is 1.36. The maximum Gasteiger partial charge on any atom is 0.328 e. The van der Waals surface area contributed by atoms with E-state index < -0.39 is 17.6 Å². The lowest BCUT2D eigenvalue weighted by Gasteiger charge is -2.10. The van der Waals surface area contributed by atoms with Crippen LogP contribution < -0.4 is 11.3 Å². The number of nitrogens with two attached hydrogens (primary N) is 1. The van der Waals surface area contributed by atoms with Crippen LogP contribution in [0.1, 0.15) is 13.0 Å². The number of hydrogen-bond donors (Lipinski definition) is 2. The molecule has 2 rings (SSSR count). The Balaban J connectivity index is 2.64. The average molecular weight is 237 g/mol. The number of imidazole rings is 1. The fraction of sp³-hybridized carbons (Fsp3) is 0.333. The van der Waals surface area contributed by atoms with E-state index in [0.717, 1.165) is 0 Å². The zero-order valence-corrected chi connectivity index (χ0v) is 9.30. The Hall–Kier alpha value is -2.38. The lowest BCUT2D eigenvalue weighted by atomic mass is 10.3. The fourth-order valence-corrected chi connectivity index (χ4v) is 1.55. The molecule has 1 atom stereocenters. The summed E-state index contributed by atoms with van der Waals surface area (Å²) >= 11 is 0. The quantitative estimate of drug-likeness (QED) is 0.676. The lowest BCUT2D eigenvalue weighted by Crippen LogP contribution is -2.21. The van der Waals surface area contributed by atoms with Gasteiger partial charge in [0.15, 0.2) is 11.2 Å². The number of H-pyrrole nitrogens is 1. The second-order valence-corrected chi connectivity index (χ2v) is 3.47. The number of anilines is 1. The molecule has 0 amide bonds. The van der Waals surface area contributed by atoms with Gasteiger partial charge in [0, 0.05) is 0 Å². The van der Waals surface area contributed by atoms with Gasteiger partial charge in [0.2, 0.25) is 5.95 Å². The molecule has 0 aromatic carbocycles. The molecule has 0 saturated heterocycles. The molecule has 8 nitrogen and oxygen atoms in total. The van der Waals surface area contributed by atoms with Gasteiger partial charge in [-0.25, -0.2) is 9.78 Å². The number of fused-ring (bicyclic) bond motifs is 1. The molecule has 3 N–H and O–H groups in total. The molecular weight excluding hydrogens is 226 g/mol. The molecule has 0 bridgehead atoms. The highest BCUT2D eigenvalue weighted by Crippen LogP contribution is 2.14. The van der Waals surface area contributed by atoms with Crippen LogP contribution in [0.2, 0.25) is 0 Å². The molecule has 2 aromatic heterocycles. The SMILES string of the molecule is COC(=O)[C@@H](C)n1cnc2nc(N)[nH]c(=O)c21. The van der Waals surface area contributed by atoms with E-state index in [4.69, 9.17) is 5.73 Å². The third-order valence-corrected chi connectivity index (χ3v) is 2.42. The monoisotopic (exact) mass is 237 g/mol. The Morgan fingerprint density at radius 1 is 1.65 bits per heavy atom. The minimum atomic E-state index is -0.656. The molecule has 0 aliphatic heterocycles. The minimum absolute atomic E-state index is 0.0153. The van der Waals surface area contributed by atoms with Gasteiger partial charge in [-0.2, -0.15) is 4.98 Å². The summed E-state index contributed by atoms with van der Waals surface area (Å²) in [5.41, 5.74) is 5.33. The number of nitrogens with zero attached hydrogens (tertiary/aromatic N) is 3. The topological polar surface area (TPSA) is 116 Å². The molecule has 0 fully saturated rings. The summed E-state index contributed by atoms with van der Waals surface area (Å²) in [5.74, 6) is -0.487. The van der Waals surface area contributed by atoms with E-state index in [1.807, 2.05) is 0 Å². The Labute approximate surface area is 95.4 Å². The van der Waals surface area contributed by atoms with Crippen LogP contribution in [0, 0.1) is 0 Å². The maximum absolute atomic E-state index is 11.7. The third-order valence-electron chi connectivity index (χ3n) is 2.42. The summed E-state index contributed by atoms with van der Waals surface area (Å²) in [7, 11) is 1.28. The molecule has 0 aliphatic carbocycles. The summed E-state index contributed by atoms with van der Waals surface area (Å²) < 4.78 is 6.00. The first-order chi connectivity index (χ1) is 8.04. The van der Waals surface area contributed by atoms with Gasteiger partial charge in [-0.3, -0.25) is 9.78 Å². The van der Waals surface area contributed by atoms with Crippen LogP contribution >= 0.6 is 0 Å². The lowest BCUT2D eigenvalue weighted by molar-refractivity contribution is -0.143. The first kappa shape index (κ1) is 11.1. The number of carbonyl (C=O) groups excluding carboxylic acids is 1. The van der Waals surface area contributed by atoms with E-state index in [1.54, 1.807) is 6.92 Å². The van der Waals surface area contributed by atoms with Crippen molar-refractivity contribution in [2.45, 2.75) is 13.0 Å². The smallest absolute Gasteiger partial charge is 0.328 e. The van der Waals surface area contributed by atoms with E-state index in [1.165, 1.54) is 18.0 Å². The van der Waals surface area contributed by atoms with Crippen molar-refractivity contribution in [3.8, 4) is 0 Å². The van der Waals surface area contributed by atoms with Gasteiger partial charge in [-0.15, -0.1) is 0 Å². The molecule has 0 unspecified atom stereocenters. The summed E-state index contributed by atoms with van der Waals surface area (Å²) in [6, 6.07) is -0.656. The summed E-state index contributed by atoms with van der Waals surface area (Å²) in [6.45, 7) is 1.60.